The Morgan fingerprint density at radius 2 is 1.85 bits per heavy atom. The fourth-order valence-corrected chi connectivity index (χ4v) is 1.94. The van der Waals surface area contributed by atoms with Crippen molar-refractivity contribution in [3.05, 3.63) is 35.9 Å². The van der Waals surface area contributed by atoms with Crippen molar-refractivity contribution < 1.29 is 23.1 Å². The summed E-state index contributed by atoms with van der Waals surface area (Å²) in [6.07, 6.45) is 1.05. The minimum absolute atomic E-state index is 0.0776. The Kier molecular flexibility index (Phi) is 5.51. The predicted molar refractivity (Wildman–Crippen MR) is 73.1 cm³/mol. The number of nitrogens with one attached hydrogen (secondary N) is 2. The minimum Gasteiger partial charge on any atom is -0.479 e. The number of rotatable bonds is 6. The fraction of sp³-hybridized carbons (Fsp3) is 0.333. The predicted octanol–water partition coefficient (Wildman–Crippen LogP) is 0.156. The number of hydrogen-bond donors (Lipinski definition) is 3. The van der Waals surface area contributed by atoms with Crippen molar-refractivity contribution in [2.45, 2.75) is 6.04 Å². The molecule has 0 aromatic heterocycles. The molecule has 3 N–H and O–H groups in total. The van der Waals surface area contributed by atoms with E-state index in [0.717, 1.165) is 6.26 Å². The second-order valence-corrected chi connectivity index (χ2v) is 6.47. The minimum atomic E-state index is -3.18. The number of benzene rings is 1. The molecule has 1 atom stereocenters. The van der Waals surface area contributed by atoms with Gasteiger partial charge < -0.3 is 15.7 Å². The van der Waals surface area contributed by atoms with Gasteiger partial charge >= 0.3 is 12.0 Å². The van der Waals surface area contributed by atoms with Crippen LogP contribution in [-0.4, -0.2) is 44.1 Å². The zero-order valence-corrected chi connectivity index (χ0v) is 11.7. The van der Waals surface area contributed by atoms with Gasteiger partial charge in [0, 0.05) is 12.8 Å². The molecular weight excluding hydrogens is 284 g/mol. The molecule has 8 heteroatoms. The maximum atomic E-state index is 11.5. The molecule has 0 saturated heterocycles. The molecule has 20 heavy (non-hydrogen) atoms. The first kappa shape index (κ1) is 16.0. The molecule has 0 heterocycles. The van der Waals surface area contributed by atoms with E-state index < -0.39 is 27.9 Å². The van der Waals surface area contributed by atoms with Crippen LogP contribution >= 0.6 is 0 Å². The molecule has 0 saturated carbocycles. The topological polar surface area (TPSA) is 113 Å². The van der Waals surface area contributed by atoms with E-state index in [9.17, 15) is 18.0 Å². The van der Waals surface area contributed by atoms with Crippen molar-refractivity contribution in [3.8, 4) is 0 Å². The third-order valence-electron chi connectivity index (χ3n) is 2.41. The molecule has 0 unspecified atom stereocenters. The number of urea groups is 1. The fourth-order valence-electron chi connectivity index (χ4n) is 1.47. The molecule has 1 aromatic carbocycles. The van der Waals surface area contributed by atoms with E-state index in [1.54, 1.807) is 30.3 Å². The number of sulfone groups is 1. The van der Waals surface area contributed by atoms with Crippen molar-refractivity contribution in [2.24, 2.45) is 0 Å². The lowest BCUT2D eigenvalue weighted by Gasteiger charge is -2.15. The van der Waals surface area contributed by atoms with E-state index in [4.69, 9.17) is 5.11 Å². The van der Waals surface area contributed by atoms with Gasteiger partial charge in [-0.05, 0) is 5.56 Å². The monoisotopic (exact) mass is 300 g/mol. The van der Waals surface area contributed by atoms with Crippen LogP contribution in [0.25, 0.3) is 0 Å². The lowest BCUT2D eigenvalue weighted by molar-refractivity contribution is -0.139. The zero-order chi connectivity index (χ0) is 15.2. The van der Waals surface area contributed by atoms with Crippen LogP contribution in [0.1, 0.15) is 11.6 Å². The third-order valence-corrected chi connectivity index (χ3v) is 3.36. The van der Waals surface area contributed by atoms with Crippen LogP contribution in [-0.2, 0) is 14.6 Å². The summed E-state index contributed by atoms with van der Waals surface area (Å²) < 4.78 is 21.8. The van der Waals surface area contributed by atoms with E-state index >= 15 is 0 Å². The van der Waals surface area contributed by atoms with Crippen LogP contribution in [0.2, 0.25) is 0 Å². The highest BCUT2D eigenvalue weighted by Gasteiger charge is 2.21. The highest BCUT2D eigenvalue weighted by atomic mass is 32.2. The molecule has 0 bridgehead atoms. The van der Waals surface area contributed by atoms with E-state index in [2.05, 4.69) is 10.6 Å². The summed E-state index contributed by atoms with van der Waals surface area (Å²) in [7, 11) is -3.18. The van der Waals surface area contributed by atoms with Gasteiger partial charge in [0.15, 0.2) is 6.04 Å². The Morgan fingerprint density at radius 3 is 2.35 bits per heavy atom. The van der Waals surface area contributed by atoms with Crippen molar-refractivity contribution in [2.75, 3.05) is 18.6 Å². The first-order valence-corrected chi connectivity index (χ1v) is 7.85. The standard InChI is InChI=1S/C12H16N2O5S/c1-20(18,19)8-7-13-12(17)14-10(11(15)16)9-5-3-2-4-6-9/h2-6,10H,7-8H2,1H3,(H,15,16)(H2,13,14,17)/t10-/m0/s1. The van der Waals surface area contributed by atoms with E-state index in [1.165, 1.54) is 0 Å². The van der Waals surface area contributed by atoms with Gasteiger partial charge in [-0.25, -0.2) is 18.0 Å². The average Bonchev–Trinajstić information content (AvgIpc) is 2.35. The Labute approximate surface area is 116 Å². The Bertz CT molecular complexity index is 571. The number of aliphatic carboxylic acids is 1. The highest BCUT2D eigenvalue weighted by Crippen LogP contribution is 2.12. The molecule has 0 radical (unpaired) electrons. The molecule has 0 aliphatic carbocycles. The first-order chi connectivity index (χ1) is 9.29. The van der Waals surface area contributed by atoms with Crippen LogP contribution in [0.4, 0.5) is 4.79 Å². The van der Waals surface area contributed by atoms with Crippen LogP contribution in [0.15, 0.2) is 30.3 Å². The molecule has 0 fully saturated rings. The normalized spacial score (nSPS) is 12.4. The molecule has 110 valence electrons. The van der Waals surface area contributed by atoms with Crippen molar-refractivity contribution >= 4 is 21.8 Å². The Balaban J connectivity index is 2.59. The number of carbonyl (C=O) groups excluding carboxylic acids is 1. The Hall–Kier alpha value is -2.09. The number of carboxylic acids is 1. The Morgan fingerprint density at radius 1 is 1.25 bits per heavy atom. The van der Waals surface area contributed by atoms with Gasteiger partial charge in [-0.2, -0.15) is 0 Å². The maximum absolute atomic E-state index is 11.5. The highest BCUT2D eigenvalue weighted by molar-refractivity contribution is 7.90. The number of amides is 2. The first-order valence-electron chi connectivity index (χ1n) is 5.79. The van der Waals surface area contributed by atoms with Crippen molar-refractivity contribution in [1.29, 1.82) is 0 Å². The SMILES string of the molecule is CS(=O)(=O)CCNC(=O)N[C@H](C(=O)O)c1ccccc1. The van der Waals surface area contributed by atoms with Crippen LogP contribution in [0.3, 0.4) is 0 Å². The van der Waals surface area contributed by atoms with Crippen LogP contribution in [0.5, 0.6) is 0 Å². The summed E-state index contributed by atoms with van der Waals surface area (Å²) in [5.41, 5.74) is 0.429. The van der Waals surface area contributed by atoms with Gasteiger partial charge in [0.25, 0.3) is 0 Å². The molecule has 0 aliphatic rings. The van der Waals surface area contributed by atoms with Gasteiger partial charge in [-0.1, -0.05) is 30.3 Å². The van der Waals surface area contributed by atoms with E-state index in [1.807, 2.05) is 0 Å². The summed E-state index contributed by atoms with van der Waals surface area (Å²) in [5.74, 6) is -1.40. The lowest BCUT2D eigenvalue weighted by Crippen LogP contribution is -2.42. The van der Waals surface area contributed by atoms with E-state index in [0.29, 0.717) is 5.56 Å². The lowest BCUT2D eigenvalue weighted by atomic mass is 10.1. The largest absolute Gasteiger partial charge is 0.479 e. The molecule has 1 rings (SSSR count). The second kappa shape index (κ2) is 6.90. The van der Waals surface area contributed by atoms with Crippen LogP contribution in [0, 0.1) is 0 Å². The molecular formula is C12H16N2O5S. The van der Waals surface area contributed by atoms with Crippen molar-refractivity contribution in [3.63, 3.8) is 0 Å². The summed E-state index contributed by atoms with van der Waals surface area (Å²) in [6.45, 7) is -0.0776. The molecule has 0 spiro atoms. The zero-order valence-electron chi connectivity index (χ0n) is 10.9. The summed E-state index contributed by atoms with van der Waals surface area (Å²) in [5, 5.41) is 13.7. The number of carboxylic acid groups (broad SMARTS) is 1. The molecule has 7 nitrogen and oxygen atoms in total. The molecule has 1 aromatic rings. The quantitative estimate of drug-likeness (QED) is 0.692. The number of carbonyl (C=O) groups is 2. The van der Waals surface area contributed by atoms with Gasteiger partial charge in [-0.15, -0.1) is 0 Å². The second-order valence-electron chi connectivity index (χ2n) is 4.21. The summed E-state index contributed by atoms with van der Waals surface area (Å²) >= 11 is 0. The smallest absolute Gasteiger partial charge is 0.330 e. The summed E-state index contributed by atoms with van der Waals surface area (Å²) in [6, 6.07) is 6.29. The van der Waals surface area contributed by atoms with Crippen LogP contribution < -0.4 is 10.6 Å². The van der Waals surface area contributed by atoms with Gasteiger partial charge in [0.1, 0.15) is 9.84 Å². The summed E-state index contributed by atoms with van der Waals surface area (Å²) in [4.78, 5) is 22.7. The van der Waals surface area contributed by atoms with Gasteiger partial charge in [-0.3, -0.25) is 0 Å². The molecule has 0 aliphatic heterocycles. The number of hydrogen-bond acceptors (Lipinski definition) is 4. The molecule has 2 amide bonds. The maximum Gasteiger partial charge on any atom is 0.330 e. The van der Waals surface area contributed by atoms with Crippen molar-refractivity contribution in [1.82, 2.24) is 10.6 Å². The van der Waals surface area contributed by atoms with Gasteiger partial charge in [0.2, 0.25) is 0 Å². The average molecular weight is 300 g/mol. The van der Waals surface area contributed by atoms with E-state index in [-0.39, 0.29) is 12.3 Å². The van der Waals surface area contributed by atoms with Gasteiger partial charge in [0.05, 0.1) is 5.75 Å². The third kappa shape index (κ3) is 5.70.